The number of hydrogen-bond acceptors (Lipinski definition) is 6. The largest absolute Gasteiger partial charge is 0.462 e. The maximum atomic E-state index is 12.4. The first kappa shape index (κ1) is 21.9. The molecular weight excluding hydrogens is 360 g/mol. The Morgan fingerprint density at radius 2 is 1.93 bits per heavy atom. The van der Waals surface area contributed by atoms with Crippen molar-refractivity contribution in [2.75, 3.05) is 0 Å². The van der Waals surface area contributed by atoms with Crippen molar-refractivity contribution in [2.45, 2.75) is 72.2 Å². The summed E-state index contributed by atoms with van der Waals surface area (Å²) in [6.45, 7) is 12.6. The van der Waals surface area contributed by atoms with Crippen molar-refractivity contribution >= 4 is 17.9 Å². The zero-order valence-corrected chi connectivity index (χ0v) is 17.3. The van der Waals surface area contributed by atoms with Crippen LogP contribution in [0.25, 0.3) is 0 Å². The number of allylic oxidation sites excluding steroid dienone is 1. The summed E-state index contributed by atoms with van der Waals surface area (Å²) >= 11 is 0. The summed E-state index contributed by atoms with van der Waals surface area (Å²) in [5, 5.41) is 0. The van der Waals surface area contributed by atoms with E-state index in [1.54, 1.807) is 19.9 Å². The maximum Gasteiger partial charge on any atom is 0.334 e. The highest BCUT2D eigenvalue weighted by Crippen LogP contribution is 2.37. The molecule has 0 N–H and O–H groups in total. The van der Waals surface area contributed by atoms with E-state index in [-0.39, 0.29) is 29.9 Å². The minimum atomic E-state index is -0.453. The number of fused-ring (bicyclic) bond motifs is 1. The fourth-order valence-electron chi connectivity index (χ4n) is 3.73. The van der Waals surface area contributed by atoms with Crippen molar-refractivity contribution in [3.05, 3.63) is 35.5 Å². The number of rotatable bonds is 3. The molecule has 1 heterocycles. The second kappa shape index (κ2) is 9.22. The first-order chi connectivity index (χ1) is 13.1. The van der Waals surface area contributed by atoms with Gasteiger partial charge in [-0.25, -0.2) is 9.59 Å². The van der Waals surface area contributed by atoms with E-state index < -0.39 is 18.2 Å². The van der Waals surface area contributed by atoms with Crippen LogP contribution in [-0.4, -0.2) is 36.2 Å². The third-order valence-electron chi connectivity index (χ3n) is 5.45. The lowest BCUT2D eigenvalue weighted by Crippen LogP contribution is -2.34. The summed E-state index contributed by atoms with van der Waals surface area (Å²) in [5.74, 6) is -1.48. The van der Waals surface area contributed by atoms with Crippen LogP contribution in [0.15, 0.2) is 35.5 Å². The minimum absolute atomic E-state index is 0.0759. The van der Waals surface area contributed by atoms with Crippen molar-refractivity contribution in [3.8, 4) is 0 Å². The van der Waals surface area contributed by atoms with E-state index in [0.29, 0.717) is 30.4 Å². The van der Waals surface area contributed by atoms with Gasteiger partial charge >= 0.3 is 17.9 Å². The summed E-state index contributed by atoms with van der Waals surface area (Å²) in [5.41, 5.74) is 1.91. The molecule has 2 aliphatic rings. The molecule has 154 valence electrons. The van der Waals surface area contributed by atoms with Crippen molar-refractivity contribution < 1.29 is 28.6 Å². The molecule has 28 heavy (non-hydrogen) atoms. The molecule has 5 unspecified atom stereocenters. The predicted octanol–water partition coefficient (Wildman–Crippen LogP) is 3.66. The van der Waals surface area contributed by atoms with Crippen molar-refractivity contribution in [1.29, 1.82) is 0 Å². The third-order valence-corrected chi connectivity index (χ3v) is 5.45. The second-order valence-electron chi connectivity index (χ2n) is 7.81. The number of carbonyl (C=O) groups excluding carboxylic acids is 3. The van der Waals surface area contributed by atoms with Gasteiger partial charge in [0, 0.05) is 30.4 Å². The lowest BCUT2D eigenvalue weighted by atomic mass is 9.82. The van der Waals surface area contributed by atoms with E-state index >= 15 is 0 Å². The molecule has 1 aliphatic heterocycles. The van der Waals surface area contributed by atoms with Crippen LogP contribution in [0.1, 0.15) is 53.9 Å². The van der Waals surface area contributed by atoms with E-state index in [9.17, 15) is 14.4 Å². The Hall–Kier alpha value is -2.37. The molecule has 0 aromatic heterocycles. The highest BCUT2D eigenvalue weighted by Gasteiger charge is 2.41. The first-order valence-electron chi connectivity index (χ1n) is 9.70. The summed E-state index contributed by atoms with van der Waals surface area (Å²) in [6, 6.07) is 0. The van der Waals surface area contributed by atoms with Crippen molar-refractivity contribution in [1.82, 2.24) is 0 Å². The van der Waals surface area contributed by atoms with Gasteiger partial charge in [0.1, 0.15) is 18.3 Å². The Morgan fingerprint density at radius 1 is 1.25 bits per heavy atom. The van der Waals surface area contributed by atoms with E-state index in [4.69, 9.17) is 14.2 Å². The maximum absolute atomic E-state index is 12.4. The van der Waals surface area contributed by atoms with Gasteiger partial charge < -0.3 is 14.2 Å². The quantitative estimate of drug-likeness (QED) is 0.317. The average Bonchev–Trinajstić information content (AvgIpc) is 2.86. The van der Waals surface area contributed by atoms with E-state index in [2.05, 4.69) is 6.58 Å². The van der Waals surface area contributed by atoms with Crippen LogP contribution in [0.4, 0.5) is 0 Å². The van der Waals surface area contributed by atoms with Crippen molar-refractivity contribution in [3.63, 3.8) is 0 Å². The van der Waals surface area contributed by atoms with Crippen LogP contribution in [0.3, 0.4) is 0 Å². The van der Waals surface area contributed by atoms with Crippen LogP contribution >= 0.6 is 0 Å². The van der Waals surface area contributed by atoms with Crippen LogP contribution in [-0.2, 0) is 28.6 Å². The highest BCUT2D eigenvalue weighted by atomic mass is 16.6. The van der Waals surface area contributed by atoms with Gasteiger partial charge in [-0.3, -0.25) is 4.79 Å². The molecule has 1 aliphatic carbocycles. The lowest BCUT2D eigenvalue weighted by Gasteiger charge is -2.31. The Kier molecular flexibility index (Phi) is 7.22. The molecular formula is C22H30O6. The third kappa shape index (κ3) is 5.33. The van der Waals surface area contributed by atoms with E-state index in [1.165, 1.54) is 6.92 Å². The van der Waals surface area contributed by atoms with E-state index in [0.717, 1.165) is 5.57 Å². The number of ether oxygens (including phenoxy) is 3. The minimum Gasteiger partial charge on any atom is -0.462 e. The molecule has 0 saturated carbocycles. The van der Waals surface area contributed by atoms with Crippen LogP contribution in [0.5, 0.6) is 0 Å². The fraction of sp³-hybridized carbons (Fsp3) is 0.591. The number of esters is 3. The molecule has 0 bridgehead atoms. The standard InChI is InChI=1S/C22H30O6/c1-7-13(3)21(24)27-19-11-18-15(5)22(25)28-20(18)9-12(2)8-17(10-14(19)4)26-16(6)23/h7,9,14,17-20H,5,8,10-11H2,1-4,6H3. The van der Waals surface area contributed by atoms with Gasteiger partial charge in [-0.05, 0) is 45.6 Å². The van der Waals surface area contributed by atoms with Crippen LogP contribution < -0.4 is 0 Å². The fourth-order valence-corrected chi connectivity index (χ4v) is 3.73. The van der Waals surface area contributed by atoms with Gasteiger partial charge in [-0.15, -0.1) is 0 Å². The number of hydrogen-bond donors (Lipinski definition) is 0. The second-order valence-corrected chi connectivity index (χ2v) is 7.81. The zero-order chi connectivity index (χ0) is 21.0. The summed E-state index contributed by atoms with van der Waals surface area (Å²) < 4.78 is 16.7. The first-order valence-corrected chi connectivity index (χ1v) is 9.70. The molecule has 0 spiro atoms. The van der Waals surface area contributed by atoms with Crippen molar-refractivity contribution in [2.24, 2.45) is 11.8 Å². The lowest BCUT2D eigenvalue weighted by molar-refractivity contribution is -0.153. The molecule has 0 aromatic carbocycles. The molecule has 0 amide bonds. The van der Waals surface area contributed by atoms with Gasteiger partial charge in [-0.1, -0.05) is 25.2 Å². The molecule has 1 saturated heterocycles. The Balaban J connectivity index is 2.36. The molecule has 6 heteroatoms. The summed E-state index contributed by atoms with van der Waals surface area (Å²) in [4.78, 5) is 36.0. The van der Waals surface area contributed by atoms with Crippen LogP contribution in [0, 0.1) is 11.8 Å². The Labute approximate surface area is 166 Å². The van der Waals surface area contributed by atoms with E-state index in [1.807, 2.05) is 19.9 Å². The predicted molar refractivity (Wildman–Crippen MR) is 104 cm³/mol. The Bertz CT molecular complexity index is 717. The van der Waals surface area contributed by atoms with Gasteiger partial charge in [-0.2, -0.15) is 0 Å². The molecule has 1 fully saturated rings. The summed E-state index contributed by atoms with van der Waals surface area (Å²) in [6.07, 6.45) is 3.87. The van der Waals surface area contributed by atoms with Gasteiger partial charge in [0.2, 0.25) is 0 Å². The summed E-state index contributed by atoms with van der Waals surface area (Å²) in [7, 11) is 0. The normalized spacial score (nSPS) is 31.4. The Morgan fingerprint density at radius 3 is 2.54 bits per heavy atom. The topological polar surface area (TPSA) is 78.9 Å². The SMILES string of the molecule is C=C1C(=O)OC2C=C(C)CC(OC(C)=O)CC(C)C(OC(=O)C(C)=CC)CC12. The zero-order valence-electron chi connectivity index (χ0n) is 17.3. The molecule has 0 aromatic rings. The molecule has 0 radical (unpaired) electrons. The monoisotopic (exact) mass is 390 g/mol. The van der Waals surface area contributed by atoms with Gasteiger partial charge in [0.15, 0.2) is 0 Å². The molecule has 5 atom stereocenters. The molecule has 2 rings (SSSR count). The smallest absolute Gasteiger partial charge is 0.334 e. The molecule has 6 nitrogen and oxygen atoms in total. The van der Waals surface area contributed by atoms with Gasteiger partial charge in [0.05, 0.1) is 0 Å². The number of carbonyl (C=O) groups is 3. The van der Waals surface area contributed by atoms with Gasteiger partial charge in [0.25, 0.3) is 0 Å². The van der Waals surface area contributed by atoms with Crippen LogP contribution in [0.2, 0.25) is 0 Å². The average molecular weight is 390 g/mol. The highest BCUT2D eigenvalue weighted by molar-refractivity contribution is 5.91.